The van der Waals surface area contributed by atoms with Gasteiger partial charge in [0.1, 0.15) is 30.0 Å². The highest BCUT2D eigenvalue weighted by Gasteiger charge is 2.42. The first kappa shape index (κ1) is 35.3. The van der Waals surface area contributed by atoms with Gasteiger partial charge in [0.2, 0.25) is 11.8 Å². The molecule has 49 heavy (non-hydrogen) atoms. The van der Waals surface area contributed by atoms with Crippen LogP contribution in [0.15, 0.2) is 55.0 Å². The number of fused-ring (bicyclic) bond motifs is 2. The number of benzene rings is 2. The Balaban J connectivity index is 1.48. The minimum atomic E-state index is -1.21. The van der Waals surface area contributed by atoms with E-state index in [0.29, 0.717) is 36.5 Å². The molecule has 1 aliphatic heterocycles. The van der Waals surface area contributed by atoms with Gasteiger partial charge in [0.15, 0.2) is 0 Å². The van der Waals surface area contributed by atoms with E-state index in [1.54, 1.807) is 13.3 Å². The standard InChI is InChI=1S/C37H47N7O5/c1-36(2,3)20-29(43(7)35(47)48)33(45)42-31(37(4,5)6)34(46)44-16-10-12-28(44)25-18-24-27(19-30(25)49-8)39-21-40-32(24)41-23-13-14-26-22(17-23)11-9-15-38-26/h9,11,13-15,17-19,21,28-29,31H,10,12,16,20H2,1-8H3,(H,42,45)(H,47,48)(H,39,40,41)/t28-,29-,31+/m0/s1. The van der Waals surface area contributed by atoms with Crippen molar-refractivity contribution in [1.82, 2.24) is 30.1 Å². The van der Waals surface area contributed by atoms with Crippen LogP contribution in [0.2, 0.25) is 0 Å². The van der Waals surface area contributed by atoms with Crippen LogP contribution in [0, 0.1) is 10.8 Å². The molecule has 1 aliphatic rings. The van der Waals surface area contributed by atoms with E-state index in [-0.39, 0.29) is 17.4 Å². The van der Waals surface area contributed by atoms with Gasteiger partial charge in [0.25, 0.3) is 0 Å². The Labute approximate surface area is 287 Å². The molecule has 3 N–H and O–H groups in total. The van der Waals surface area contributed by atoms with Gasteiger partial charge in [-0.15, -0.1) is 0 Å². The van der Waals surface area contributed by atoms with E-state index < -0.39 is 29.5 Å². The van der Waals surface area contributed by atoms with Crippen LogP contribution in [-0.2, 0) is 9.59 Å². The lowest BCUT2D eigenvalue weighted by Crippen LogP contribution is -2.59. The van der Waals surface area contributed by atoms with Gasteiger partial charge in [-0.05, 0) is 60.4 Å². The first-order valence-corrected chi connectivity index (χ1v) is 16.6. The highest BCUT2D eigenvalue weighted by molar-refractivity contribution is 5.94. The largest absolute Gasteiger partial charge is 0.496 e. The minimum Gasteiger partial charge on any atom is -0.496 e. The molecule has 2 aromatic heterocycles. The van der Waals surface area contributed by atoms with Crippen LogP contribution < -0.4 is 15.4 Å². The maximum absolute atomic E-state index is 14.5. The maximum atomic E-state index is 14.5. The molecule has 3 atom stereocenters. The van der Waals surface area contributed by atoms with Crippen molar-refractivity contribution in [2.24, 2.45) is 10.8 Å². The van der Waals surface area contributed by atoms with E-state index in [2.05, 4.69) is 25.6 Å². The molecule has 0 radical (unpaired) electrons. The molecular formula is C37H47N7O5. The second kappa shape index (κ2) is 13.9. The first-order valence-electron chi connectivity index (χ1n) is 16.6. The monoisotopic (exact) mass is 669 g/mol. The number of aromatic nitrogens is 3. The number of nitrogens with one attached hydrogen (secondary N) is 2. The summed E-state index contributed by atoms with van der Waals surface area (Å²) in [6, 6.07) is 11.5. The van der Waals surface area contributed by atoms with E-state index in [0.717, 1.165) is 38.9 Å². The van der Waals surface area contributed by atoms with Gasteiger partial charge in [0.05, 0.1) is 24.2 Å². The number of amides is 3. The Hall–Kier alpha value is -5.00. The zero-order chi connectivity index (χ0) is 35.7. The number of rotatable bonds is 9. The van der Waals surface area contributed by atoms with Crippen molar-refractivity contribution in [3.05, 3.63) is 60.6 Å². The maximum Gasteiger partial charge on any atom is 0.407 e. The van der Waals surface area contributed by atoms with Crippen molar-refractivity contribution in [3.8, 4) is 5.75 Å². The number of likely N-dealkylation sites (tertiary alicyclic amines) is 1. The lowest BCUT2D eigenvalue weighted by Gasteiger charge is -2.38. The highest BCUT2D eigenvalue weighted by atomic mass is 16.5. The van der Waals surface area contributed by atoms with Gasteiger partial charge in [-0.2, -0.15) is 0 Å². The Morgan fingerprint density at radius 3 is 2.47 bits per heavy atom. The second-order valence-electron chi connectivity index (χ2n) is 15.0. The summed E-state index contributed by atoms with van der Waals surface area (Å²) in [4.78, 5) is 56.5. The summed E-state index contributed by atoms with van der Waals surface area (Å²) in [5.74, 6) is 0.485. The van der Waals surface area contributed by atoms with Crippen molar-refractivity contribution in [1.29, 1.82) is 0 Å². The molecular weight excluding hydrogens is 622 g/mol. The van der Waals surface area contributed by atoms with Gasteiger partial charge in [0, 0.05) is 47.9 Å². The molecule has 12 nitrogen and oxygen atoms in total. The fourth-order valence-electron chi connectivity index (χ4n) is 6.45. The summed E-state index contributed by atoms with van der Waals surface area (Å²) in [5, 5.41) is 17.9. The summed E-state index contributed by atoms with van der Waals surface area (Å²) in [6.07, 6.45) is 3.81. The molecule has 2 aromatic carbocycles. The molecule has 0 bridgehead atoms. The third kappa shape index (κ3) is 7.84. The summed E-state index contributed by atoms with van der Waals surface area (Å²) >= 11 is 0. The van der Waals surface area contributed by atoms with Crippen LogP contribution in [0.5, 0.6) is 5.75 Å². The average molecular weight is 670 g/mol. The highest BCUT2D eigenvalue weighted by Crippen LogP contribution is 2.41. The van der Waals surface area contributed by atoms with Crippen molar-refractivity contribution in [2.75, 3.05) is 26.0 Å². The molecule has 0 saturated carbocycles. The number of carbonyl (C=O) groups excluding carboxylic acids is 2. The summed E-state index contributed by atoms with van der Waals surface area (Å²) in [5.41, 5.74) is 2.24. The Morgan fingerprint density at radius 2 is 1.80 bits per heavy atom. The lowest BCUT2D eigenvalue weighted by atomic mass is 9.84. The first-order chi connectivity index (χ1) is 23.1. The number of pyridine rings is 1. The number of anilines is 2. The third-order valence-corrected chi connectivity index (χ3v) is 9.02. The van der Waals surface area contributed by atoms with Crippen LogP contribution in [0.25, 0.3) is 21.8 Å². The van der Waals surface area contributed by atoms with E-state index >= 15 is 0 Å². The van der Waals surface area contributed by atoms with Crippen molar-refractivity contribution in [2.45, 2.75) is 78.9 Å². The quantitative estimate of drug-likeness (QED) is 0.181. The summed E-state index contributed by atoms with van der Waals surface area (Å²) in [6.45, 7) is 12.0. The number of hydrogen-bond acceptors (Lipinski definition) is 8. The Morgan fingerprint density at radius 1 is 1.04 bits per heavy atom. The van der Waals surface area contributed by atoms with Crippen LogP contribution in [0.3, 0.4) is 0 Å². The number of hydrogen-bond donors (Lipinski definition) is 3. The topological polar surface area (TPSA) is 150 Å². The van der Waals surface area contributed by atoms with Gasteiger partial charge in [-0.1, -0.05) is 47.6 Å². The van der Waals surface area contributed by atoms with Crippen LogP contribution in [0.1, 0.15) is 72.4 Å². The predicted octanol–water partition coefficient (Wildman–Crippen LogP) is 6.54. The second-order valence-corrected chi connectivity index (χ2v) is 15.0. The zero-order valence-electron chi connectivity index (χ0n) is 29.6. The fourth-order valence-corrected chi connectivity index (χ4v) is 6.45. The summed E-state index contributed by atoms with van der Waals surface area (Å²) < 4.78 is 5.86. The molecule has 1 fully saturated rings. The normalized spacial score (nSPS) is 16.3. The SMILES string of the molecule is COc1cc2ncnc(Nc3ccc4ncccc4c3)c2cc1[C@@H]1CCCN1C(=O)[C@@H](NC(=O)[C@H](CC(C)(C)C)N(C)C(=O)O)C(C)(C)C. The van der Waals surface area contributed by atoms with Gasteiger partial charge < -0.3 is 25.4 Å². The van der Waals surface area contributed by atoms with Crippen LogP contribution in [-0.4, -0.2) is 80.6 Å². The van der Waals surface area contributed by atoms with Gasteiger partial charge in [-0.25, -0.2) is 14.8 Å². The number of methoxy groups -OCH3 is 1. The number of ether oxygens (including phenoxy) is 1. The number of nitrogens with zero attached hydrogens (tertiary/aromatic N) is 5. The molecule has 0 spiro atoms. The molecule has 3 amide bonds. The van der Waals surface area contributed by atoms with E-state index in [9.17, 15) is 19.5 Å². The molecule has 3 heterocycles. The average Bonchev–Trinajstić information content (AvgIpc) is 3.54. The van der Waals surface area contributed by atoms with Crippen LogP contribution in [0.4, 0.5) is 16.3 Å². The van der Waals surface area contributed by atoms with E-state index in [4.69, 9.17) is 4.74 Å². The summed E-state index contributed by atoms with van der Waals surface area (Å²) in [7, 11) is 2.99. The predicted molar refractivity (Wildman–Crippen MR) is 190 cm³/mol. The number of carboxylic acid groups (broad SMARTS) is 1. The van der Waals surface area contributed by atoms with Crippen molar-refractivity contribution in [3.63, 3.8) is 0 Å². The van der Waals surface area contributed by atoms with Gasteiger partial charge in [-0.3, -0.25) is 19.5 Å². The van der Waals surface area contributed by atoms with Crippen molar-refractivity contribution >= 4 is 51.2 Å². The third-order valence-electron chi connectivity index (χ3n) is 9.02. The molecule has 12 heteroatoms. The van der Waals surface area contributed by atoms with E-state index in [1.807, 2.05) is 88.9 Å². The lowest BCUT2D eigenvalue weighted by molar-refractivity contribution is -0.141. The zero-order valence-corrected chi connectivity index (χ0v) is 29.6. The number of likely N-dealkylation sites (N-methyl/N-ethyl adjacent to an activating group) is 1. The van der Waals surface area contributed by atoms with Gasteiger partial charge >= 0.3 is 6.09 Å². The molecule has 5 rings (SSSR count). The molecule has 4 aromatic rings. The molecule has 0 unspecified atom stereocenters. The molecule has 260 valence electrons. The van der Waals surface area contributed by atoms with E-state index in [1.165, 1.54) is 13.4 Å². The Kier molecular flexibility index (Phi) is 9.98. The number of carbonyl (C=O) groups is 3. The molecule has 0 aliphatic carbocycles. The Bertz CT molecular complexity index is 1870. The molecule has 1 saturated heterocycles. The minimum absolute atomic E-state index is 0.231. The fraction of sp³-hybridized carbons (Fsp3) is 0.459. The van der Waals surface area contributed by atoms with Crippen LogP contribution >= 0.6 is 0 Å². The van der Waals surface area contributed by atoms with Crippen molar-refractivity contribution < 1.29 is 24.2 Å². The smallest absolute Gasteiger partial charge is 0.407 e.